The van der Waals surface area contributed by atoms with Crippen LogP contribution in [0.15, 0.2) is 59.0 Å². The monoisotopic (exact) mass is 367 g/mol. The molecule has 0 saturated carbocycles. The maximum absolute atomic E-state index is 13.9. The van der Waals surface area contributed by atoms with Crippen molar-refractivity contribution in [1.82, 2.24) is 10.2 Å². The summed E-state index contributed by atoms with van der Waals surface area (Å²) < 4.78 is 19.5. The van der Waals surface area contributed by atoms with Gasteiger partial charge in [0.2, 0.25) is 0 Å². The van der Waals surface area contributed by atoms with Crippen LogP contribution in [0.1, 0.15) is 10.6 Å². The Hall–Kier alpha value is -2.86. The number of halogens is 1. The molecular formula is C21H22FN3O2. The van der Waals surface area contributed by atoms with Crippen LogP contribution in [0.2, 0.25) is 0 Å². The predicted molar refractivity (Wildman–Crippen MR) is 104 cm³/mol. The summed E-state index contributed by atoms with van der Waals surface area (Å²) in [6.07, 6.45) is 0. The standard InChI is InChI=1S/C21H22FN3O2/c22-17-6-2-3-7-18(17)25-13-11-24(12-14-25)10-9-23-21(26)20-15-16-5-1-4-8-19(16)27-20/h1-8,15H,9-14H2,(H,23,26). The molecule has 0 atom stereocenters. The van der Waals surface area contributed by atoms with Gasteiger partial charge in [-0.1, -0.05) is 30.3 Å². The van der Waals surface area contributed by atoms with E-state index in [4.69, 9.17) is 4.42 Å². The summed E-state index contributed by atoms with van der Waals surface area (Å²) in [7, 11) is 0. The Labute approximate surface area is 157 Å². The first-order chi connectivity index (χ1) is 13.2. The lowest BCUT2D eigenvalue weighted by atomic mass is 10.2. The minimum atomic E-state index is -0.198. The van der Waals surface area contributed by atoms with E-state index in [0.29, 0.717) is 23.6 Å². The number of anilines is 1. The maximum atomic E-state index is 13.9. The molecule has 1 aromatic heterocycles. The van der Waals surface area contributed by atoms with Crippen LogP contribution in [0.5, 0.6) is 0 Å². The zero-order chi connectivity index (χ0) is 18.6. The summed E-state index contributed by atoms with van der Waals surface area (Å²) in [5.74, 6) is -0.0409. The molecule has 3 aromatic rings. The zero-order valence-electron chi connectivity index (χ0n) is 15.0. The number of carbonyl (C=O) groups is 1. The third kappa shape index (κ3) is 3.95. The number of hydrogen-bond acceptors (Lipinski definition) is 4. The Balaban J connectivity index is 1.24. The lowest BCUT2D eigenvalue weighted by molar-refractivity contribution is 0.0922. The number of furan rings is 1. The Morgan fingerprint density at radius 3 is 2.56 bits per heavy atom. The van der Waals surface area contributed by atoms with Crippen molar-refractivity contribution in [1.29, 1.82) is 0 Å². The van der Waals surface area contributed by atoms with Crippen LogP contribution < -0.4 is 10.2 Å². The maximum Gasteiger partial charge on any atom is 0.287 e. The average molecular weight is 367 g/mol. The fraction of sp³-hybridized carbons (Fsp3) is 0.286. The quantitative estimate of drug-likeness (QED) is 0.753. The normalized spacial score (nSPS) is 15.2. The molecule has 1 N–H and O–H groups in total. The molecule has 0 spiro atoms. The van der Waals surface area contributed by atoms with E-state index in [2.05, 4.69) is 15.1 Å². The molecule has 1 fully saturated rings. The molecule has 5 nitrogen and oxygen atoms in total. The molecule has 1 aliphatic rings. The topological polar surface area (TPSA) is 48.7 Å². The molecule has 0 radical (unpaired) electrons. The summed E-state index contributed by atoms with van der Waals surface area (Å²) >= 11 is 0. The lowest BCUT2D eigenvalue weighted by Gasteiger charge is -2.36. The van der Waals surface area contributed by atoms with Gasteiger partial charge in [-0.05, 0) is 24.3 Å². The summed E-state index contributed by atoms with van der Waals surface area (Å²) in [5, 5.41) is 3.83. The number of fused-ring (bicyclic) bond motifs is 1. The Morgan fingerprint density at radius 1 is 1.04 bits per heavy atom. The van der Waals surface area contributed by atoms with Crippen molar-refractivity contribution >= 4 is 22.6 Å². The predicted octanol–water partition coefficient (Wildman–Crippen LogP) is 3.12. The minimum absolute atomic E-state index is 0.177. The highest BCUT2D eigenvalue weighted by Crippen LogP contribution is 2.20. The highest BCUT2D eigenvalue weighted by molar-refractivity contribution is 5.96. The van der Waals surface area contributed by atoms with Crippen molar-refractivity contribution in [2.24, 2.45) is 0 Å². The van der Waals surface area contributed by atoms with Gasteiger partial charge < -0.3 is 14.6 Å². The van der Waals surface area contributed by atoms with Gasteiger partial charge in [-0.25, -0.2) is 4.39 Å². The number of amides is 1. The third-order valence-electron chi connectivity index (χ3n) is 4.93. The van der Waals surface area contributed by atoms with E-state index in [1.54, 1.807) is 12.1 Å². The van der Waals surface area contributed by atoms with Crippen molar-refractivity contribution < 1.29 is 13.6 Å². The van der Waals surface area contributed by atoms with Gasteiger partial charge in [0, 0.05) is 44.7 Å². The summed E-state index contributed by atoms with van der Waals surface area (Å²) in [5.41, 5.74) is 1.38. The third-order valence-corrected chi connectivity index (χ3v) is 4.93. The highest BCUT2D eigenvalue weighted by atomic mass is 19.1. The van der Waals surface area contributed by atoms with Gasteiger partial charge in [-0.2, -0.15) is 0 Å². The van der Waals surface area contributed by atoms with Crippen LogP contribution in [0.25, 0.3) is 11.0 Å². The fourth-order valence-corrected chi connectivity index (χ4v) is 3.43. The molecule has 2 aromatic carbocycles. The molecule has 0 bridgehead atoms. The SMILES string of the molecule is O=C(NCCN1CCN(c2ccccc2F)CC1)c1cc2ccccc2o1. The van der Waals surface area contributed by atoms with Crippen LogP contribution >= 0.6 is 0 Å². The Morgan fingerprint density at radius 2 is 1.78 bits per heavy atom. The van der Waals surface area contributed by atoms with Gasteiger partial charge in [-0.3, -0.25) is 9.69 Å². The first-order valence-electron chi connectivity index (χ1n) is 9.19. The molecule has 4 rings (SSSR count). The number of para-hydroxylation sites is 2. The summed E-state index contributed by atoms with van der Waals surface area (Å²) in [6.45, 7) is 4.55. The summed E-state index contributed by atoms with van der Waals surface area (Å²) in [6, 6.07) is 16.2. The Kier molecular flexibility index (Phi) is 5.07. The first-order valence-corrected chi connectivity index (χ1v) is 9.19. The van der Waals surface area contributed by atoms with E-state index in [1.807, 2.05) is 36.4 Å². The van der Waals surface area contributed by atoms with Crippen molar-refractivity contribution in [3.05, 3.63) is 66.2 Å². The fourth-order valence-electron chi connectivity index (χ4n) is 3.43. The summed E-state index contributed by atoms with van der Waals surface area (Å²) in [4.78, 5) is 16.6. The van der Waals surface area contributed by atoms with Gasteiger partial charge in [0.05, 0.1) is 5.69 Å². The second-order valence-electron chi connectivity index (χ2n) is 6.68. The molecule has 1 aliphatic heterocycles. The van der Waals surface area contributed by atoms with Crippen LogP contribution in [-0.4, -0.2) is 50.1 Å². The molecule has 1 saturated heterocycles. The largest absolute Gasteiger partial charge is 0.451 e. The molecule has 27 heavy (non-hydrogen) atoms. The minimum Gasteiger partial charge on any atom is -0.451 e. The zero-order valence-corrected chi connectivity index (χ0v) is 15.0. The van der Waals surface area contributed by atoms with Crippen LogP contribution in [0, 0.1) is 5.82 Å². The lowest BCUT2D eigenvalue weighted by Crippen LogP contribution is -2.48. The molecule has 6 heteroatoms. The number of nitrogens with one attached hydrogen (secondary N) is 1. The number of benzene rings is 2. The van der Waals surface area contributed by atoms with Gasteiger partial charge in [0.1, 0.15) is 11.4 Å². The number of piperazine rings is 1. The number of rotatable bonds is 5. The van der Waals surface area contributed by atoms with E-state index in [1.165, 1.54) is 6.07 Å². The Bertz CT molecular complexity index is 899. The van der Waals surface area contributed by atoms with Crippen molar-refractivity contribution in [3.63, 3.8) is 0 Å². The molecule has 0 aliphatic carbocycles. The number of carbonyl (C=O) groups excluding carboxylic acids is 1. The van der Waals surface area contributed by atoms with Gasteiger partial charge >= 0.3 is 0 Å². The van der Waals surface area contributed by atoms with Crippen LogP contribution in [0.3, 0.4) is 0 Å². The smallest absolute Gasteiger partial charge is 0.287 e. The molecule has 2 heterocycles. The highest BCUT2D eigenvalue weighted by Gasteiger charge is 2.19. The van der Waals surface area contributed by atoms with E-state index >= 15 is 0 Å². The molecule has 140 valence electrons. The van der Waals surface area contributed by atoms with E-state index in [0.717, 1.165) is 38.1 Å². The van der Waals surface area contributed by atoms with Crippen LogP contribution in [0.4, 0.5) is 10.1 Å². The number of hydrogen-bond donors (Lipinski definition) is 1. The van der Waals surface area contributed by atoms with E-state index in [-0.39, 0.29) is 11.7 Å². The first kappa shape index (κ1) is 17.5. The van der Waals surface area contributed by atoms with E-state index in [9.17, 15) is 9.18 Å². The van der Waals surface area contributed by atoms with Gasteiger partial charge in [0.15, 0.2) is 5.76 Å². The van der Waals surface area contributed by atoms with Crippen molar-refractivity contribution in [3.8, 4) is 0 Å². The molecular weight excluding hydrogens is 345 g/mol. The van der Waals surface area contributed by atoms with Crippen LogP contribution in [-0.2, 0) is 0 Å². The molecule has 1 amide bonds. The van der Waals surface area contributed by atoms with E-state index < -0.39 is 0 Å². The molecule has 0 unspecified atom stereocenters. The second-order valence-corrected chi connectivity index (χ2v) is 6.68. The average Bonchev–Trinajstić information content (AvgIpc) is 3.13. The van der Waals surface area contributed by atoms with Crippen molar-refractivity contribution in [2.75, 3.05) is 44.2 Å². The van der Waals surface area contributed by atoms with Crippen molar-refractivity contribution in [2.45, 2.75) is 0 Å². The van der Waals surface area contributed by atoms with Gasteiger partial charge in [0.25, 0.3) is 5.91 Å². The number of nitrogens with zero attached hydrogens (tertiary/aromatic N) is 2. The second kappa shape index (κ2) is 7.80. The van der Waals surface area contributed by atoms with Gasteiger partial charge in [-0.15, -0.1) is 0 Å².